The molecule has 0 radical (unpaired) electrons. The Morgan fingerprint density at radius 3 is 2.12 bits per heavy atom. The molecule has 0 saturated carbocycles. The second-order valence-electron chi connectivity index (χ2n) is 9.04. The number of ketones is 1. The molecule has 2 aromatic carbocycles. The molecular formula is C29H39NOW. The van der Waals surface area contributed by atoms with Gasteiger partial charge in [-0.25, -0.2) is 0 Å². The molecule has 0 amide bonds. The third-order valence-corrected chi connectivity index (χ3v) is 7.46. The summed E-state index contributed by atoms with van der Waals surface area (Å²) in [5.74, 6) is 0.176. The van der Waals surface area contributed by atoms with Gasteiger partial charge < -0.3 is 0 Å². The van der Waals surface area contributed by atoms with Gasteiger partial charge in [0, 0.05) is 0 Å². The molecule has 3 heteroatoms. The number of nitrogens with zero attached hydrogens (tertiary/aromatic N) is 1. The fourth-order valence-corrected chi connectivity index (χ4v) is 4.97. The predicted molar refractivity (Wildman–Crippen MR) is 137 cm³/mol. The number of aryl methyl sites for hydroxylation is 3. The van der Waals surface area contributed by atoms with Gasteiger partial charge in [0.2, 0.25) is 0 Å². The van der Waals surface area contributed by atoms with Crippen molar-refractivity contribution in [1.29, 1.82) is 0 Å². The number of allylic oxidation sites excluding steroid dienone is 1. The summed E-state index contributed by atoms with van der Waals surface area (Å²) in [5, 5.41) is 0. The number of unbranched alkanes of at least 4 members (excludes halogenated alkanes) is 1. The van der Waals surface area contributed by atoms with Gasteiger partial charge in [-0.05, 0) is 6.42 Å². The van der Waals surface area contributed by atoms with Gasteiger partial charge in [0.15, 0.2) is 0 Å². The summed E-state index contributed by atoms with van der Waals surface area (Å²) >= 11 is 1.44. The molecular weight excluding hydrogens is 562 g/mol. The molecule has 0 aliphatic rings. The summed E-state index contributed by atoms with van der Waals surface area (Å²) in [7, 11) is 0. The average Bonchev–Trinajstić information content (AvgIpc) is 2.73. The van der Waals surface area contributed by atoms with E-state index in [2.05, 4.69) is 78.5 Å². The molecule has 2 nitrogen and oxygen atoms in total. The van der Waals surface area contributed by atoms with Crippen molar-refractivity contribution in [2.45, 2.75) is 81.1 Å². The molecule has 172 valence electrons. The van der Waals surface area contributed by atoms with E-state index in [1.165, 1.54) is 80.8 Å². The Morgan fingerprint density at radius 1 is 0.938 bits per heavy atom. The van der Waals surface area contributed by atoms with E-state index in [0.29, 0.717) is 6.42 Å². The van der Waals surface area contributed by atoms with Crippen molar-refractivity contribution in [3.05, 3.63) is 68.8 Å². The van der Waals surface area contributed by atoms with Crippen molar-refractivity contribution in [3.8, 4) is 0 Å². The van der Waals surface area contributed by atoms with Gasteiger partial charge >= 0.3 is 187 Å². The summed E-state index contributed by atoms with van der Waals surface area (Å²) in [5.41, 5.74) is 11.8. The molecule has 0 spiro atoms. The quantitative estimate of drug-likeness (QED) is 0.272. The van der Waals surface area contributed by atoms with Gasteiger partial charge in [0.1, 0.15) is 0 Å². The Morgan fingerprint density at radius 2 is 1.56 bits per heavy atom. The van der Waals surface area contributed by atoms with Crippen LogP contribution in [0.4, 0.5) is 5.69 Å². The zero-order valence-corrected chi connectivity index (χ0v) is 24.1. The van der Waals surface area contributed by atoms with Crippen molar-refractivity contribution in [2.75, 3.05) is 11.4 Å². The molecule has 0 unspecified atom stereocenters. The zero-order chi connectivity index (χ0) is 24.0. The molecule has 0 aliphatic heterocycles. The van der Waals surface area contributed by atoms with Crippen LogP contribution in [0.25, 0.3) is 6.08 Å². The van der Waals surface area contributed by atoms with Crippen LogP contribution in [0.3, 0.4) is 0 Å². The van der Waals surface area contributed by atoms with Crippen molar-refractivity contribution in [1.82, 2.24) is 0 Å². The first-order valence-electron chi connectivity index (χ1n) is 11.7. The molecule has 0 N–H and O–H groups in total. The van der Waals surface area contributed by atoms with Crippen molar-refractivity contribution >= 4 is 21.6 Å². The first-order valence-corrected chi connectivity index (χ1v) is 13.2. The first-order chi connectivity index (χ1) is 15.1. The van der Waals surface area contributed by atoms with Crippen LogP contribution in [0, 0.1) is 41.5 Å². The minimum atomic E-state index is 0.176. The monoisotopic (exact) mass is 601 g/mol. The van der Waals surface area contributed by atoms with Gasteiger partial charge in [-0.2, -0.15) is 0 Å². The molecule has 2 aromatic rings. The van der Waals surface area contributed by atoms with E-state index in [1.54, 1.807) is 6.08 Å². The van der Waals surface area contributed by atoms with Gasteiger partial charge in [0.25, 0.3) is 0 Å². The molecule has 32 heavy (non-hydrogen) atoms. The summed E-state index contributed by atoms with van der Waals surface area (Å²) < 4.78 is 1.29. The second-order valence-corrected chi connectivity index (χ2v) is 11.2. The Hall–Kier alpha value is -1.79. The number of carbonyl (C=O) groups is 1. The molecule has 0 saturated heterocycles. The Bertz CT molecular complexity index is 1010. The molecule has 0 atom stereocenters. The van der Waals surface area contributed by atoms with Crippen LogP contribution >= 0.6 is 0 Å². The number of anilines is 1. The van der Waals surface area contributed by atoms with Crippen LogP contribution in [-0.4, -0.2) is 16.3 Å². The van der Waals surface area contributed by atoms with Gasteiger partial charge in [0.05, 0.1) is 0 Å². The average molecular weight is 601 g/mol. The standard InChI is InChI=1S/C29H39NO.W/c1-9-11-12-28-21(4)17-26(18-22(28)5)13-14-27(31)15-16-30(10-2)29-19-20(3)23(6)24(7)25(29)8;/h13-14,17-19H,9,11-12,15-16H2,1-8H3;/b14-13+;. The van der Waals surface area contributed by atoms with E-state index in [9.17, 15) is 4.79 Å². The fraction of sp³-hybridized carbons (Fsp3) is 0.448. The number of hydrogen-bond donors (Lipinski definition) is 0. The van der Waals surface area contributed by atoms with E-state index >= 15 is 0 Å². The summed E-state index contributed by atoms with van der Waals surface area (Å²) in [6.07, 6.45) is 7.83. The van der Waals surface area contributed by atoms with E-state index in [1.807, 2.05) is 6.08 Å². The van der Waals surface area contributed by atoms with Crippen LogP contribution in [0.5, 0.6) is 0 Å². The second kappa shape index (κ2) is 11.9. The first kappa shape index (κ1) is 26.5. The number of carbonyl (C=O) groups excluding carboxylic acids is 1. The SMILES string of the molecule is CCCCc1c(C)cc(/C=C/C(=O)CCN([C](C)=[W])c2cc(C)c(C)c(C)c2C)cc1C. The number of rotatable bonds is 10. The van der Waals surface area contributed by atoms with Crippen LogP contribution in [0.2, 0.25) is 0 Å². The zero-order valence-electron chi connectivity index (χ0n) is 21.2. The van der Waals surface area contributed by atoms with Crippen molar-refractivity contribution < 1.29 is 24.1 Å². The van der Waals surface area contributed by atoms with Crippen molar-refractivity contribution in [2.24, 2.45) is 0 Å². The predicted octanol–water partition coefficient (Wildman–Crippen LogP) is 7.06. The minimum absolute atomic E-state index is 0.176. The van der Waals surface area contributed by atoms with Gasteiger partial charge in [-0.1, -0.05) is 13.3 Å². The van der Waals surface area contributed by atoms with Gasteiger partial charge in [-0.3, -0.25) is 0 Å². The van der Waals surface area contributed by atoms with Gasteiger partial charge in [-0.15, -0.1) is 0 Å². The van der Waals surface area contributed by atoms with Crippen LogP contribution in [0.1, 0.15) is 77.6 Å². The van der Waals surface area contributed by atoms with Crippen LogP contribution in [-0.2, 0) is 30.6 Å². The maximum absolute atomic E-state index is 12.7. The topological polar surface area (TPSA) is 20.3 Å². The van der Waals surface area contributed by atoms with E-state index in [-0.39, 0.29) is 5.78 Å². The molecule has 0 bridgehead atoms. The summed E-state index contributed by atoms with van der Waals surface area (Å²) in [6, 6.07) is 6.70. The van der Waals surface area contributed by atoms with Crippen LogP contribution < -0.4 is 4.90 Å². The van der Waals surface area contributed by atoms with Crippen LogP contribution in [0.15, 0.2) is 24.3 Å². The maximum atomic E-state index is 12.7. The van der Waals surface area contributed by atoms with Crippen molar-refractivity contribution in [3.63, 3.8) is 0 Å². The fourth-order valence-electron chi connectivity index (χ4n) is 4.28. The Balaban J connectivity index is 2.13. The Kier molecular flexibility index (Phi) is 9.83. The van der Waals surface area contributed by atoms with E-state index < -0.39 is 0 Å². The molecule has 0 fully saturated rings. The summed E-state index contributed by atoms with van der Waals surface area (Å²) in [6.45, 7) is 18.2. The molecule has 0 aliphatic carbocycles. The molecule has 0 aromatic heterocycles. The molecule has 2 rings (SSSR count). The molecule has 0 heterocycles. The summed E-state index contributed by atoms with van der Waals surface area (Å²) in [4.78, 5) is 15.0. The third kappa shape index (κ3) is 6.61. The number of hydrogen-bond acceptors (Lipinski definition) is 2. The normalized spacial score (nSPS) is 11.2. The van der Waals surface area contributed by atoms with E-state index in [4.69, 9.17) is 0 Å². The third-order valence-electron chi connectivity index (χ3n) is 6.67. The van der Waals surface area contributed by atoms with E-state index in [0.717, 1.165) is 18.5 Å². The number of benzene rings is 2. The Labute approximate surface area is 206 Å².